The van der Waals surface area contributed by atoms with Gasteiger partial charge in [0.2, 0.25) is 0 Å². The van der Waals surface area contributed by atoms with E-state index in [1.54, 1.807) is 24.1 Å². The Bertz CT molecular complexity index is 1140. The van der Waals surface area contributed by atoms with Gasteiger partial charge in [0.25, 0.3) is 0 Å². The van der Waals surface area contributed by atoms with Crippen LogP contribution in [0.25, 0.3) is 16.6 Å². The lowest BCUT2D eigenvalue weighted by Gasteiger charge is -2.13. The van der Waals surface area contributed by atoms with Crippen LogP contribution in [0.4, 0.5) is 0 Å². The van der Waals surface area contributed by atoms with Crippen molar-refractivity contribution in [3.8, 4) is 11.6 Å². The maximum absolute atomic E-state index is 5.89. The summed E-state index contributed by atoms with van der Waals surface area (Å²) in [4.78, 5) is 8.64. The fourth-order valence-corrected chi connectivity index (χ4v) is 3.23. The van der Waals surface area contributed by atoms with Crippen LogP contribution in [0.3, 0.4) is 0 Å². The zero-order valence-corrected chi connectivity index (χ0v) is 17.5. The van der Waals surface area contributed by atoms with Gasteiger partial charge in [-0.25, -0.2) is 9.67 Å². The second-order valence-electron chi connectivity index (χ2n) is 7.04. The predicted octanol–water partition coefficient (Wildman–Crippen LogP) is 3.55. The van der Waals surface area contributed by atoms with Crippen molar-refractivity contribution in [3.63, 3.8) is 0 Å². The number of benzene rings is 2. The summed E-state index contributed by atoms with van der Waals surface area (Å²) in [5.41, 5.74) is 1.10. The molecule has 0 saturated carbocycles. The Balaban J connectivity index is 1.20. The minimum atomic E-state index is 0.639. The Morgan fingerprint density at radius 1 is 1.00 bits per heavy atom. The molecule has 0 aliphatic carbocycles. The van der Waals surface area contributed by atoms with Crippen LogP contribution < -0.4 is 15.4 Å². The molecule has 2 heterocycles. The van der Waals surface area contributed by atoms with Gasteiger partial charge in [0.05, 0.1) is 6.61 Å². The van der Waals surface area contributed by atoms with Crippen molar-refractivity contribution >= 4 is 16.7 Å². The van der Waals surface area contributed by atoms with Crippen molar-refractivity contribution in [2.45, 2.75) is 13.0 Å². The molecule has 2 N–H and O–H groups in total. The van der Waals surface area contributed by atoms with E-state index in [4.69, 9.17) is 4.74 Å². The molecule has 31 heavy (non-hydrogen) atoms. The quantitative estimate of drug-likeness (QED) is 0.262. The molecule has 0 aliphatic heterocycles. The summed E-state index contributed by atoms with van der Waals surface area (Å²) >= 11 is 0. The van der Waals surface area contributed by atoms with Gasteiger partial charge >= 0.3 is 0 Å². The van der Waals surface area contributed by atoms with Gasteiger partial charge in [-0.2, -0.15) is 5.10 Å². The number of guanidine groups is 1. The molecule has 0 amide bonds. The Kier molecular flexibility index (Phi) is 6.74. The Morgan fingerprint density at radius 3 is 2.74 bits per heavy atom. The zero-order valence-electron chi connectivity index (χ0n) is 17.5. The fraction of sp³-hybridized carbons (Fsp3) is 0.208. The number of aliphatic imine (C=N–C) groups is 1. The molecule has 0 atom stereocenters. The second-order valence-corrected chi connectivity index (χ2v) is 7.04. The number of pyridine rings is 1. The van der Waals surface area contributed by atoms with E-state index in [1.165, 1.54) is 10.8 Å². The monoisotopic (exact) mass is 414 g/mol. The summed E-state index contributed by atoms with van der Waals surface area (Å²) in [5.74, 6) is 2.44. The van der Waals surface area contributed by atoms with Crippen LogP contribution in [0, 0.1) is 0 Å². The first-order valence-electron chi connectivity index (χ1n) is 10.3. The highest BCUT2D eigenvalue weighted by atomic mass is 16.5. The van der Waals surface area contributed by atoms with E-state index in [1.807, 2.05) is 42.6 Å². The summed E-state index contributed by atoms with van der Waals surface area (Å²) in [6.07, 6.45) is 6.27. The predicted molar refractivity (Wildman–Crippen MR) is 124 cm³/mol. The van der Waals surface area contributed by atoms with Crippen LogP contribution in [-0.4, -0.2) is 40.9 Å². The van der Waals surface area contributed by atoms with Gasteiger partial charge in [0.1, 0.15) is 5.75 Å². The molecule has 4 rings (SSSR count). The molecular weight excluding hydrogens is 388 g/mol. The third kappa shape index (κ3) is 5.60. The molecule has 2 aromatic heterocycles. The first-order valence-corrected chi connectivity index (χ1v) is 10.3. The summed E-state index contributed by atoms with van der Waals surface area (Å²) in [6, 6.07) is 20.3. The first-order chi connectivity index (χ1) is 15.3. The van der Waals surface area contributed by atoms with Gasteiger partial charge < -0.3 is 15.4 Å². The maximum atomic E-state index is 5.89. The van der Waals surface area contributed by atoms with E-state index < -0.39 is 0 Å². The largest absolute Gasteiger partial charge is 0.494 e. The van der Waals surface area contributed by atoms with Gasteiger partial charge in [0.15, 0.2) is 11.8 Å². The van der Waals surface area contributed by atoms with Gasteiger partial charge in [0, 0.05) is 38.7 Å². The van der Waals surface area contributed by atoms with E-state index in [9.17, 15) is 0 Å². The smallest absolute Gasteiger partial charge is 0.191 e. The summed E-state index contributed by atoms with van der Waals surface area (Å²) in [6.45, 7) is 2.05. The lowest BCUT2D eigenvalue weighted by molar-refractivity contribution is 0.311. The average Bonchev–Trinajstić information content (AvgIpc) is 3.36. The minimum Gasteiger partial charge on any atom is -0.494 e. The van der Waals surface area contributed by atoms with Gasteiger partial charge in [-0.05, 0) is 53.1 Å². The topological polar surface area (TPSA) is 76.4 Å². The third-order valence-corrected chi connectivity index (χ3v) is 4.84. The van der Waals surface area contributed by atoms with Gasteiger partial charge in [-0.1, -0.05) is 30.3 Å². The van der Waals surface area contributed by atoms with Crippen LogP contribution in [-0.2, 0) is 6.54 Å². The minimum absolute atomic E-state index is 0.639. The fourth-order valence-electron chi connectivity index (χ4n) is 3.23. The van der Waals surface area contributed by atoms with Crippen LogP contribution in [0.1, 0.15) is 12.0 Å². The number of hydrogen-bond acceptors (Lipinski definition) is 4. The highest BCUT2D eigenvalue weighted by molar-refractivity contribution is 5.83. The van der Waals surface area contributed by atoms with Crippen molar-refractivity contribution < 1.29 is 4.74 Å². The summed E-state index contributed by atoms with van der Waals surface area (Å²) in [7, 11) is 1.77. The van der Waals surface area contributed by atoms with E-state index in [0.717, 1.165) is 36.1 Å². The third-order valence-electron chi connectivity index (χ3n) is 4.84. The molecule has 158 valence electrons. The summed E-state index contributed by atoms with van der Waals surface area (Å²) < 4.78 is 7.63. The van der Waals surface area contributed by atoms with Crippen molar-refractivity contribution in [2.24, 2.45) is 4.99 Å². The maximum Gasteiger partial charge on any atom is 0.191 e. The molecule has 7 nitrogen and oxygen atoms in total. The molecule has 0 unspecified atom stereocenters. The van der Waals surface area contributed by atoms with Crippen LogP contribution >= 0.6 is 0 Å². The molecule has 0 radical (unpaired) electrons. The Hall–Kier alpha value is -3.87. The molecule has 0 spiro atoms. The molecule has 0 bridgehead atoms. The molecule has 0 fully saturated rings. The molecule has 4 aromatic rings. The standard InChI is InChI=1S/C24H26N6O/c1-25-24(28-18-19-10-13-26-23(16-19)30-14-4-12-29-30)27-11-5-15-31-22-9-8-20-6-2-3-7-21(20)17-22/h2-4,6-10,12-14,16-17H,5,11,15,18H2,1H3,(H2,25,27,28). The van der Waals surface area contributed by atoms with E-state index in [0.29, 0.717) is 13.2 Å². The molecular formula is C24H26N6O. The number of aromatic nitrogens is 3. The number of nitrogens with one attached hydrogen (secondary N) is 2. The number of fused-ring (bicyclic) bond motifs is 1. The number of ether oxygens (including phenoxy) is 1. The Morgan fingerprint density at radius 2 is 1.90 bits per heavy atom. The SMILES string of the molecule is CN=C(NCCCOc1ccc2ccccc2c1)NCc1ccnc(-n2cccn2)c1. The van der Waals surface area contributed by atoms with Crippen molar-refractivity contribution in [3.05, 3.63) is 84.8 Å². The zero-order chi connectivity index (χ0) is 21.3. The number of hydrogen-bond donors (Lipinski definition) is 2. The van der Waals surface area contributed by atoms with Gasteiger partial charge in [-0.15, -0.1) is 0 Å². The normalized spacial score (nSPS) is 11.5. The lowest BCUT2D eigenvalue weighted by atomic mass is 10.1. The van der Waals surface area contributed by atoms with Crippen LogP contribution in [0.5, 0.6) is 5.75 Å². The molecule has 0 aliphatic rings. The lowest BCUT2D eigenvalue weighted by Crippen LogP contribution is -2.37. The molecule has 7 heteroatoms. The van der Waals surface area contributed by atoms with Crippen LogP contribution in [0.2, 0.25) is 0 Å². The van der Waals surface area contributed by atoms with Crippen molar-refractivity contribution in [2.75, 3.05) is 20.2 Å². The Labute approximate surface area is 181 Å². The summed E-state index contributed by atoms with van der Waals surface area (Å²) in [5, 5.41) is 13.3. The van der Waals surface area contributed by atoms with E-state index in [2.05, 4.69) is 50.0 Å². The number of nitrogens with zero attached hydrogens (tertiary/aromatic N) is 4. The number of rotatable bonds is 8. The van der Waals surface area contributed by atoms with E-state index >= 15 is 0 Å². The molecule has 0 saturated heterocycles. The molecule has 2 aromatic carbocycles. The first kappa shape index (κ1) is 20.4. The average molecular weight is 415 g/mol. The van der Waals surface area contributed by atoms with Gasteiger partial charge in [-0.3, -0.25) is 4.99 Å². The highest BCUT2D eigenvalue weighted by Gasteiger charge is 2.03. The van der Waals surface area contributed by atoms with E-state index in [-0.39, 0.29) is 0 Å². The highest BCUT2D eigenvalue weighted by Crippen LogP contribution is 2.20. The second kappa shape index (κ2) is 10.2. The van der Waals surface area contributed by atoms with Crippen LogP contribution in [0.15, 0.2) is 84.2 Å². The van der Waals surface area contributed by atoms with Crippen molar-refractivity contribution in [1.82, 2.24) is 25.4 Å². The van der Waals surface area contributed by atoms with Crippen molar-refractivity contribution in [1.29, 1.82) is 0 Å².